The Hall–Kier alpha value is -1.48. The first-order valence-corrected chi connectivity index (χ1v) is 5.36. The van der Waals surface area contributed by atoms with Crippen LogP contribution < -0.4 is 4.74 Å². The van der Waals surface area contributed by atoms with E-state index in [4.69, 9.17) is 4.74 Å². The summed E-state index contributed by atoms with van der Waals surface area (Å²) in [7, 11) is 1.66. The van der Waals surface area contributed by atoms with E-state index in [-0.39, 0.29) is 0 Å². The van der Waals surface area contributed by atoms with Crippen molar-refractivity contribution in [2.45, 2.75) is 25.9 Å². The molecule has 86 valence electrons. The number of aromatic nitrogens is 1. The molecule has 0 bridgehead atoms. The predicted molar refractivity (Wildman–Crippen MR) is 64.9 cm³/mol. The predicted octanol–water partition coefficient (Wildman–Crippen LogP) is 2.49. The Morgan fingerprint density at radius 1 is 1.38 bits per heavy atom. The number of benzene rings is 1. The second-order valence-corrected chi connectivity index (χ2v) is 4.69. The number of nitrogens with one attached hydrogen (secondary N) is 1. The van der Waals surface area contributed by atoms with Crippen molar-refractivity contribution in [2.24, 2.45) is 0 Å². The van der Waals surface area contributed by atoms with Gasteiger partial charge in [0, 0.05) is 18.0 Å². The number of aromatic amines is 1. The van der Waals surface area contributed by atoms with E-state index < -0.39 is 5.60 Å². The van der Waals surface area contributed by atoms with Crippen LogP contribution in [0.25, 0.3) is 10.9 Å². The van der Waals surface area contributed by atoms with Gasteiger partial charge >= 0.3 is 0 Å². The molecule has 2 aromatic rings. The van der Waals surface area contributed by atoms with Crippen LogP contribution in [-0.2, 0) is 6.42 Å². The minimum atomic E-state index is -0.696. The topological polar surface area (TPSA) is 45.2 Å². The van der Waals surface area contributed by atoms with Gasteiger partial charge in [0.05, 0.1) is 18.2 Å². The van der Waals surface area contributed by atoms with Gasteiger partial charge in [-0.3, -0.25) is 0 Å². The van der Waals surface area contributed by atoms with E-state index in [1.165, 1.54) is 0 Å². The maximum Gasteiger partial charge on any atom is 0.142 e. The van der Waals surface area contributed by atoms with Crippen molar-refractivity contribution in [1.29, 1.82) is 0 Å². The van der Waals surface area contributed by atoms with Gasteiger partial charge in [-0.1, -0.05) is 12.1 Å². The molecule has 0 amide bonds. The molecule has 0 aliphatic carbocycles. The second kappa shape index (κ2) is 3.83. The fourth-order valence-corrected chi connectivity index (χ4v) is 1.97. The average Bonchev–Trinajstić information content (AvgIpc) is 2.59. The standard InChI is InChI=1S/C13H17NO2/c1-13(2,15)7-9-8-14-12-10(9)5-4-6-11(12)16-3/h4-6,8,14-15H,7H2,1-3H3. The molecule has 16 heavy (non-hydrogen) atoms. The van der Waals surface area contributed by atoms with Gasteiger partial charge in [-0.2, -0.15) is 0 Å². The first kappa shape index (κ1) is 11.0. The molecule has 0 radical (unpaired) electrons. The zero-order chi connectivity index (χ0) is 11.8. The Morgan fingerprint density at radius 3 is 2.75 bits per heavy atom. The summed E-state index contributed by atoms with van der Waals surface area (Å²) in [6.45, 7) is 3.62. The molecule has 0 aliphatic rings. The lowest BCUT2D eigenvalue weighted by molar-refractivity contribution is 0.0813. The van der Waals surface area contributed by atoms with Crippen LogP contribution in [0.4, 0.5) is 0 Å². The van der Waals surface area contributed by atoms with Crippen molar-refractivity contribution in [3.8, 4) is 5.75 Å². The molecule has 0 fully saturated rings. The van der Waals surface area contributed by atoms with Gasteiger partial charge in [0.1, 0.15) is 5.75 Å². The maximum absolute atomic E-state index is 9.83. The summed E-state index contributed by atoms with van der Waals surface area (Å²) >= 11 is 0. The Morgan fingerprint density at radius 2 is 2.12 bits per heavy atom. The third kappa shape index (κ3) is 2.04. The lowest BCUT2D eigenvalue weighted by atomic mass is 9.98. The zero-order valence-electron chi connectivity index (χ0n) is 9.87. The monoisotopic (exact) mass is 219 g/mol. The zero-order valence-corrected chi connectivity index (χ0v) is 9.87. The van der Waals surface area contributed by atoms with Gasteiger partial charge in [0.25, 0.3) is 0 Å². The molecule has 2 N–H and O–H groups in total. The second-order valence-electron chi connectivity index (χ2n) is 4.69. The number of hydrogen-bond donors (Lipinski definition) is 2. The normalized spacial score (nSPS) is 12.0. The van der Waals surface area contributed by atoms with Crippen molar-refractivity contribution in [1.82, 2.24) is 4.98 Å². The fraction of sp³-hybridized carbons (Fsp3) is 0.385. The Kier molecular flexibility index (Phi) is 2.64. The van der Waals surface area contributed by atoms with Gasteiger partial charge < -0.3 is 14.8 Å². The first-order chi connectivity index (χ1) is 7.51. The number of fused-ring (bicyclic) bond motifs is 1. The first-order valence-electron chi connectivity index (χ1n) is 5.36. The number of H-pyrrole nitrogens is 1. The third-order valence-corrected chi connectivity index (χ3v) is 2.61. The van der Waals surface area contributed by atoms with Crippen LogP contribution in [0.1, 0.15) is 19.4 Å². The van der Waals surface area contributed by atoms with Gasteiger partial charge in [0.2, 0.25) is 0 Å². The van der Waals surface area contributed by atoms with Crippen molar-refractivity contribution in [3.05, 3.63) is 30.0 Å². The average molecular weight is 219 g/mol. The third-order valence-electron chi connectivity index (χ3n) is 2.61. The summed E-state index contributed by atoms with van der Waals surface area (Å²) in [5, 5.41) is 10.9. The quantitative estimate of drug-likeness (QED) is 0.833. The van der Waals surface area contributed by atoms with Crippen LogP contribution in [0.3, 0.4) is 0 Å². The maximum atomic E-state index is 9.83. The number of aliphatic hydroxyl groups is 1. The molecule has 2 rings (SSSR count). The van der Waals surface area contributed by atoms with Gasteiger partial charge in [-0.15, -0.1) is 0 Å². The summed E-state index contributed by atoms with van der Waals surface area (Å²) in [4.78, 5) is 3.19. The summed E-state index contributed by atoms with van der Waals surface area (Å²) in [6, 6.07) is 5.92. The van der Waals surface area contributed by atoms with E-state index >= 15 is 0 Å². The molecule has 0 spiro atoms. The lowest BCUT2D eigenvalue weighted by Gasteiger charge is -2.16. The van der Waals surface area contributed by atoms with Crippen LogP contribution in [0.2, 0.25) is 0 Å². The van der Waals surface area contributed by atoms with Crippen molar-refractivity contribution < 1.29 is 9.84 Å². The van der Waals surface area contributed by atoms with Crippen LogP contribution in [0.15, 0.2) is 24.4 Å². The number of ether oxygens (including phenoxy) is 1. The van der Waals surface area contributed by atoms with Crippen molar-refractivity contribution in [3.63, 3.8) is 0 Å². The number of hydrogen-bond acceptors (Lipinski definition) is 2. The minimum absolute atomic E-state index is 0.625. The summed E-state index contributed by atoms with van der Waals surface area (Å²) in [5.74, 6) is 0.833. The minimum Gasteiger partial charge on any atom is -0.495 e. The smallest absolute Gasteiger partial charge is 0.142 e. The van der Waals surface area contributed by atoms with Crippen molar-refractivity contribution >= 4 is 10.9 Å². The van der Waals surface area contributed by atoms with Gasteiger partial charge in [-0.05, 0) is 25.5 Å². The molecule has 1 aromatic carbocycles. The van der Waals surface area contributed by atoms with E-state index in [0.29, 0.717) is 6.42 Å². The highest BCUT2D eigenvalue weighted by Gasteiger charge is 2.17. The highest BCUT2D eigenvalue weighted by Crippen LogP contribution is 2.28. The molecule has 3 nitrogen and oxygen atoms in total. The summed E-state index contributed by atoms with van der Waals surface area (Å²) in [5.41, 5.74) is 1.41. The molecule has 0 saturated carbocycles. The molecule has 1 aromatic heterocycles. The lowest BCUT2D eigenvalue weighted by Crippen LogP contribution is -2.21. The number of para-hydroxylation sites is 1. The van der Waals surface area contributed by atoms with E-state index in [2.05, 4.69) is 4.98 Å². The highest BCUT2D eigenvalue weighted by atomic mass is 16.5. The molecule has 1 heterocycles. The van der Waals surface area contributed by atoms with Crippen LogP contribution >= 0.6 is 0 Å². The molecule has 0 aliphatic heterocycles. The molecule has 0 unspecified atom stereocenters. The molecular formula is C13H17NO2. The van der Waals surface area contributed by atoms with Crippen LogP contribution in [0, 0.1) is 0 Å². The molecule has 0 atom stereocenters. The Labute approximate surface area is 95.1 Å². The summed E-state index contributed by atoms with van der Waals surface area (Å²) in [6.07, 6.45) is 2.56. The van der Waals surface area contributed by atoms with E-state index in [1.807, 2.05) is 38.2 Å². The van der Waals surface area contributed by atoms with E-state index in [1.54, 1.807) is 7.11 Å². The van der Waals surface area contributed by atoms with Gasteiger partial charge in [-0.25, -0.2) is 0 Å². The van der Waals surface area contributed by atoms with E-state index in [0.717, 1.165) is 22.2 Å². The van der Waals surface area contributed by atoms with Gasteiger partial charge in [0.15, 0.2) is 0 Å². The number of methoxy groups -OCH3 is 1. The Bertz CT molecular complexity index is 494. The highest BCUT2D eigenvalue weighted by molar-refractivity contribution is 5.88. The van der Waals surface area contributed by atoms with E-state index in [9.17, 15) is 5.11 Å². The van der Waals surface area contributed by atoms with Crippen LogP contribution in [0.5, 0.6) is 5.75 Å². The van der Waals surface area contributed by atoms with Crippen molar-refractivity contribution in [2.75, 3.05) is 7.11 Å². The SMILES string of the molecule is COc1cccc2c(CC(C)(C)O)c[nH]c12. The molecular weight excluding hydrogens is 202 g/mol. The number of rotatable bonds is 3. The largest absolute Gasteiger partial charge is 0.495 e. The van der Waals surface area contributed by atoms with Crippen LogP contribution in [-0.4, -0.2) is 22.8 Å². The Balaban J connectivity index is 2.49. The molecule has 0 saturated heterocycles. The molecule has 3 heteroatoms. The fourth-order valence-electron chi connectivity index (χ4n) is 1.97. The summed E-state index contributed by atoms with van der Waals surface area (Å²) < 4.78 is 5.28.